The van der Waals surface area contributed by atoms with E-state index in [1.165, 1.54) is 0 Å². The van der Waals surface area contributed by atoms with Crippen LogP contribution in [0.25, 0.3) is 11.0 Å². The Morgan fingerprint density at radius 2 is 1.62 bits per heavy atom. The SMILES string of the molecule is CCOC(=O)c1nc2cc(C)c(C)cc2nc1N1CCN(C(=O)c2c(C)noc2C)CC1. The molecule has 9 nitrogen and oxygen atoms in total. The lowest BCUT2D eigenvalue weighted by atomic mass is 10.1. The van der Waals surface area contributed by atoms with Crippen molar-refractivity contribution in [3.63, 3.8) is 0 Å². The smallest absolute Gasteiger partial charge is 0.360 e. The second kappa shape index (κ2) is 8.57. The third-order valence-corrected chi connectivity index (χ3v) is 5.84. The minimum atomic E-state index is -0.496. The summed E-state index contributed by atoms with van der Waals surface area (Å²) in [7, 11) is 0. The number of carbonyl (C=O) groups is 2. The quantitative estimate of drug-likeness (QED) is 0.574. The maximum atomic E-state index is 13.0. The lowest BCUT2D eigenvalue weighted by Crippen LogP contribution is -2.49. The number of anilines is 1. The lowest BCUT2D eigenvalue weighted by molar-refractivity contribution is 0.0519. The van der Waals surface area contributed by atoms with Gasteiger partial charge in [-0.25, -0.2) is 14.8 Å². The monoisotopic (exact) mass is 437 g/mol. The van der Waals surface area contributed by atoms with Crippen molar-refractivity contribution in [1.29, 1.82) is 0 Å². The zero-order chi connectivity index (χ0) is 23.0. The van der Waals surface area contributed by atoms with Gasteiger partial charge in [-0.3, -0.25) is 4.79 Å². The van der Waals surface area contributed by atoms with Crippen molar-refractivity contribution >= 4 is 28.7 Å². The summed E-state index contributed by atoms with van der Waals surface area (Å²) in [5, 5.41) is 3.88. The van der Waals surface area contributed by atoms with E-state index in [1.54, 1.807) is 25.7 Å². The largest absolute Gasteiger partial charge is 0.461 e. The number of hydrogen-bond acceptors (Lipinski definition) is 8. The molecule has 1 fully saturated rings. The number of fused-ring (bicyclic) bond motifs is 1. The van der Waals surface area contributed by atoms with Crippen molar-refractivity contribution in [3.05, 3.63) is 46.0 Å². The van der Waals surface area contributed by atoms with Crippen LogP contribution in [0.1, 0.15) is 50.4 Å². The number of rotatable bonds is 4. The van der Waals surface area contributed by atoms with Crippen molar-refractivity contribution in [2.75, 3.05) is 37.7 Å². The molecule has 32 heavy (non-hydrogen) atoms. The molecule has 0 radical (unpaired) electrons. The molecule has 0 aliphatic carbocycles. The van der Waals surface area contributed by atoms with Crippen LogP contribution < -0.4 is 4.90 Å². The summed E-state index contributed by atoms with van der Waals surface area (Å²) in [5.41, 5.74) is 4.88. The fourth-order valence-electron chi connectivity index (χ4n) is 3.93. The van der Waals surface area contributed by atoms with Crippen LogP contribution in [0.2, 0.25) is 0 Å². The number of nitrogens with zero attached hydrogens (tertiary/aromatic N) is 5. The predicted molar refractivity (Wildman–Crippen MR) is 119 cm³/mol. The van der Waals surface area contributed by atoms with Crippen molar-refractivity contribution in [2.24, 2.45) is 0 Å². The number of benzene rings is 1. The molecule has 1 saturated heterocycles. The number of amides is 1. The number of carbonyl (C=O) groups excluding carboxylic acids is 2. The first-order valence-corrected chi connectivity index (χ1v) is 10.7. The van der Waals surface area contributed by atoms with Crippen molar-refractivity contribution in [1.82, 2.24) is 20.0 Å². The van der Waals surface area contributed by atoms with Crippen LogP contribution >= 0.6 is 0 Å². The third kappa shape index (κ3) is 3.90. The topological polar surface area (TPSA) is 102 Å². The Hall–Kier alpha value is -3.49. The Bertz CT molecular complexity index is 1180. The summed E-state index contributed by atoms with van der Waals surface area (Å²) < 4.78 is 10.4. The predicted octanol–water partition coefficient (Wildman–Crippen LogP) is 2.99. The van der Waals surface area contributed by atoms with Gasteiger partial charge in [0.1, 0.15) is 11.3 Å². The molecule has 0 unspecified atom stereocenters. The van der Waals surface area contributed by atoms with E-state index < -0.39 is 5.97 Å². The van der Waals surface area contributed by atoms with Crippen molar-refractivity contribution in [2.45, 2.75) is 34.6 Å². The van der Waals surface area contributed by atoms with E-state index in [-0.39, 0.29) is 18.2 Å². The highest BCUT2D eigenvalue weighted by atomic mass is 16.5. The zero-order valence-corrected chi connectivity index (χ0v) is 19.1. The molecule has 1 aliphatic heterocycles. The van der Waals surface area contributed by atoms with E-state index in [0.29, 0.717) is 54.5 Å². The van der Waals surface area contributed by atoms with Crippen LogP contribution in [0.3, 0.4) is 0 Å². The van der Waals surface area contributed by atoms with Crippen LogP contribution in [0, 0.1) is 27.7 Å². The minimum absolute atomic E-state index is 0.0952. The first-order chi connectivity index (χ1) is 15.3. The van der Waals surface area contributed by atoms with Gasteiger partial charge in [-0.1, -0.05) is 5.16 Å². The fourth-order valence-corrected chi connectivity index (χ4v) is 3.93. The molecular formula is C23H27N5O4. The minimum Gasteiger partial charge on any atom is -0.461 e. The fraction of sp³-hybridized carbons (Fsp3) is 0.435. The van der Waals surface area contributed by atoms with E-state index in [9.17, 15) is 9.59 Å². The number of aromatic nitrogens is 3. The highest BCUT2D eigenvalue weighted by Gasteiger charge is 2.30. The van der Waals surface area contributed by atoms with E-state index in [0.717, 1.165) is 16.6 Å². The van der Waals surface area contributed by atoms with Gasteiger partial charge in [-0.15, -0.1) is 0 Å². The Morgan fingerprint density at radius 1 is 1.00 bits per heavy atom. The summed E-state index contributed by atoms with van der Waals surface area (Å²) >= 11 is 0. The summed E-state index contributed by atoms with van der Waals surface area (Å²) in [6, 6.07) is 3.91. The average molecular weight is 438 g/mol. The number of esters is 1. The molecule has 4 rings (SSSR count). The molecule has 1 amide bonds. The van der Waals surface area contributed by atoms with Gasteiger partial charge in [0.15, 0.2) is 11.5 Å². The first kappa shape index (κ1) is 21.7. The van der Waals surface area contributed by atoms with Crippen LogP contribution in [-0.2, 0) is 4.74 Å². The Balaban J connectivity index is 1.63. The molecule has 1 aliphatic rings. The molecule has 9 heteroatoms. The standard InChI is InChI=1S/C23H27N5O4/c1-6-31-23(30)20-21(25-18-12-14(3)13(2)11-17(18)24-20)27-7-9-28(10-8-27)22(29)19-15(4)26-32-16(19)5/h11-12H,6-10H2,1-5H3. The molecule has 0 N–H and O–H groups in total. The van der Waals surface area contributed by atoms with E-state index >= 15 is 0 Å². The second-order valence-corrected chi connectivity index (χ2v) is 8.02. The molecule has 1 aromatic carbocycles. The van der Waals surface area contributed by atoms with Gasteiger partial charge in [-0.05, 0) is 57.9 Å². The average Bonchev–Trinajstić information content (AvgIpc) is 3.11. The first-order valence-electron chi connectivity index (χ1n) is 10.7. The van der Waals surface area contributed by atoms with Crippen LogP contribution in [0.4, 0.5) is 5.82 Å². The Morgan fingerprint density at radius 3 is 2.19 bits per heavy atom. The Labute approximate surface area is 186 Å². The second-order valence-electron chi connectivity index (χ2n) is 8.02. The molecule has 168 valence electrons. The van der Waals surface area contributed by atoms with Gasteiger partial charge >= 0.3 is 5.97 Å². The van der Waals surface area contributed by atoms with E-state index in [4.69, 9.17) is 14.2 Å². The highest BCUT2D eigenvalue weighted by molar-refractivity contribution is 5.97. The highest BCUT2D eigenvalue weighted by Crippen LogP contribution is 2.25. The van der Waals surface area contributed by atoms with Gasteiger partial charge < -0.3 is 19.1 Å². The summed E-state index contributed by atoms with van der Waals surface area (Å²) in [6.45, 7) is 11.6. The number of aryl methyl sites for hydroxylation is 4. The van der Waals surface area contributed by atoms with Crippen LogP contribution in [-0.4, -0.2) is 64.7 Å². The number of hydrogen-bond donors (Lipinski definition) is 0. The third-order valence-electron chi connectivity index (χ3n) is 5.84. The van der Waals surface area contributed by atoms with Gasteiger partial charge in [0.25, 0.3) is 5.91 Å². The molecule has 0 atom stereocenters. The molecular weight excluding hydrogens is 410 g/mol. The van der Waals surface area contributed by atoms with Crippen molar-refractivity contribution in [3.8, 4) is 0 Å². The van der Waals surface area contributed by atoms with Crippen molar-refractivity contribution < 1.29 is 18.8 Å². The zero-order valence-electron chi connectivity index (χ0n) is 19.1. The molecule has 3 aromatic rings. The van der Waals surface area contributed by atoms with Gasteiger partial charge in [-0.2, -0.15) is 0 Å². The molecule has 0 saturated carbocycles. The normalized spacial score (nSPS) is 14.2. The van der Waals surface area contributed by atoms with Gasteiger partial charge in [0.05, 0.1) is 23.3 Å². The molecule has 2 aromatic heterocycles. The molecule has 0 bridgehead atoms. The van der Waals surface area contributed by atoms with Gasteiger partial charge in [0, 0.05) is 26.2 Å². The number of piperazine rings is 1. The van der Waals surface area contributed by atoms with Gasteiger partial charge in [0.2, 0.25) is 0 Å². The maximum Gasteiger partial charge on any atom is 0.360 e. The van der Waals surface area contributed by atoms with E-state index in [2.05, 4.69) is 10.1 Å². The number of ether oxygens (including phenoxy) is 1. The van der Waals surface area contributed by atoms with Crippen LogP contribution in [0.15, 0.2) is 16.7 Å². The lowest BCUT2D eigenvalue weighted by Gasteiger charge is -2.35. The summed E-state index contributed by atoms with van der Waals surface area (Å²) in [6.07, 6.45) is 0. The van der Waals surface area contributed by atoms with E-state index in [1.807, 2.05) is 30.9 Å². The summed E-state index contributed by atoms with van der Waals surface area (Å²) in [5.74, 6) is 0.417. The van der Waals surface area contributed by atoms with Crippen LogP contribution in [0.5, 0.6) is 0 Å². The Kier molecular flexibility index (Phi) is 5.82. The summed E-state index contributed by atoms with van der Waals surface area (Å²) in [4.78, 5) is 38.8. The molecule has 3 heterocycles. The molecule has 0 spiro atoms. The maximum absolute atomic E-state index is 13.0.